The molecule has 3 heteroatoms. The smallest absolute Gasteiger partial charge is 0.113 e. The Balaban J connectivity index is 2.53. The molecule has 0 saturated carbocycles. The first-order valence-corrected chi connectivity index (χ1v) is 6.94. The van der Waals surface area contributed by atoms with E-state index in [4.69, 9.17) is 0 Å². The lowest BCUT2D eigenvalue weighted by Gasteiger charge is -2.22. The predicted octanol–water partition coefficient (Wildman–Crippen LogP) is 3.37. The quantitative estimate of drug-likeness (QED) is 0.784. The molecule has 0 heterocycles. The first-order valence-electron chi connectivity index (χ1n) is 5.95. The fraction of sp³-hybridized carbons (Fsp3) is 0.500. The second kappa shape index (κ2) is 6.68. The molecule has 1 atom stereocenters. The Kier molecular flexibility index (Phi) is 5.54. The van der Waals surface area contributed by atoms with E-state index in [1.54, 1.807) is 11.8 Å². The summed E-state index contributed by atoms with van der Waals surface area (Å²) in [6, 6.07) is 10.8. The van der Waals surface area contributed by atoms with E-state index < -0.39 is 5.54 Å². The van der Waals surface area contributed by atoms with Crippen molar-refractivity contribution in [3.05, 3.63) is 29.8 Å². The molecule has 1 aromatic rings. The minimum absolute atomic E-state index is 0.439. The molecule has 1 rings (SSSR count). The van der Waals surface area contributed by atoms with Crippen LogP contribution in [-0.4, -0.2) is 17.8 Å². The summed E-state index contributed by atoms with van der Waals surface area (Å²) in [6.45, 7) is 7.04. The van der Waals surface area contributed by atoms with Crippen LogP contribution < -0.4 is 5.32 Å². The average molecular weight is 248 g/mol. The second-order valence-electron chi connectivity index (χ2n) is 4.47. The molecular weight excluding hydrogens is 228 g/mol. The minimum atomic E-state index is -0.439. The monoisotopic (exact) mass is 248 g/mol. The molecule has 2 nitrogen and oxygen atoms in total. The van der Waals surface area contributed by atoms with Gasteiger partial charge in [-0.15, -0.1) is 11.8 Å². The zero-order chi connectivity index (χ0) is 12.7. The maximum absolute atomic E-state index is 9.21. The molecule has 0 amide bonds. The fourth-order valence-corrected chi connectivity index (χ4v) is 2.34. The van der Waals surface area contributed by atoms with Crippen molar-refractivity contribution < 1.29 is 0 Å². The number of nitrogens with one attached hydrogen (secondary N) is 1. The first-order chi connectivity index (χ1) is 8.09. The van der Waals surface area contributed by atoms with Crippen molar-refractivity contribution in [3.63, 3.8) is 0 Å². The highest BCUT2D eigenvalue weighted by atomic mass is 32.2. The standard InChI is InChI=1S/C14H20N2S/c1-4-9-16-14(3,10-15)11-17-13-7-5-12(2)6-8-13/h5-8,16H,4,9,11H2,1-3H3. The topological polar surface area (TPSA) is 35.8 Å². The molecule has 1 N–H and O–H groups in total. The number of thioether (sulfide) groups is 1. The van der Waals surface area contributed by atoms with Crippen LogP contribution in [0.15, 0.2) is 29.2 Å². The van der Waals surface area contributed by atoms with E-state index in [1.807, 2.05) is 6.92 Å². The van der Waals surface area contributed by atoms with Crippen molar-refractivity contribution in [3.8, 4) is 6.07 Å². The van der Waals surface area contributed by atoms with Gasteiger partial charge in [-0.2, -0.15) is 5.26 Å². The number of nitriles is 1. The lowest BCUT2D eigenvalue weighted by Crippen LogP contribution is -2.43. The molecule has 0 aliphatic heterocycles. The number of hydrogen-bond acceptors (Lipinski definition) is 3. The second-order valence-corrected chi connectivity index (χ2v) is 5.52. The van der Waals surface area contributed by atoms with Crippen LogP contribution in [0, 0.1) is 18.3 Å². The van der Waals surface area contributed by atoms with Gasteiger partial charge in [-0.3, -0.25) is 5.32 Å². The number of nitrogens with zero attached hydrogens (tertiary/aromatic N) is 1. The lowest BCUT2D eigenvalue weighted by atomic mass is 10.1. The molecule has 0 aliphatic rings. The van der Waals surface area contributed by atoms with Crippen molar-refractivity contribution in [1.82, 2.24) is 5.32 Å². The van der Waals surface area contributed by atoms with E-state index in [1.165, 1.54) is 10.5 Å². The number of benzene rings is 1. The van der Waals surface area contributed by atoms with Gasteiger partial charge in [0.05, 0.1) is 6.07 Å². The van der Waals surface area contributed by atoms with Crippen LogP contribution in [0.1, 0.15) is 25.8 Å². The summed E-state index contributed by atoms with van der Waals surface area (Å²) < 4.78 is 0. The molecule has 0 radical (unpaired) electrons. The zero-order valence-corrected chi connectivity index (χ0v) is 11.6. The molecule has 0 aromatic heterocycles. The van der Waals surface area contributed by atoms with E-state index in [0.29, 0.717) is 0 Å². The summed E-state index contributed by atoms with van der Waals surface area (Å²) in [5.41, 5.74) is 0.826. The van der Waals surface area contributed by atoms with E-state index in [0.717, 1.165) is 18.7 Å². The largest absolute Gasteiger partial charge is 0.299 e. The third kappa shape index (κ3) is 4.80. The van der Waals surface area contributed by atoms with Crippen molar-refractivity contribution in [2.75, 3.05) is 12.3 Å². The van der Waals surface area contributed by atoms with E-state index in [-0.39, 0.29) is 0 Å². The van der Waals surface area contributed by atoms with Crippen molar-refractivity contribution >= 4 is 11.8 Å². The predicted molar refractivity (Wildman–Crippen MR) is 74.2 cm³/mol. The first kappa shape index (κ1) is 14.1. The number of rotatable bonds is 6. The molecule has 0 fully saturated rings. The van der Waals surface area contributed by atoms with Crippen LogP contribution in [0.3, 0.4) is 0 Å². The SMILES string of the molecule is CCCNC(C)(C#N)CSc1ccc(C)cc1. The lowest BCUT2D eigenvalue weighted by molar-refractivity contribution is 0.493. The van der Waals surface area contributed by atoms with Gasteiger partial charge >= 0.3 is 0 Å². The Morgan fingerprint density at radius 3 is 2.53 bits per heavy atom. The van der Waals surface area contributed by atoms with E-state index >= 15 is 0 Å². The Bertz CT molecular complexity index is 380. The molecule has 17 heavy (non-hydrogen) atoms. The van der Waals surface area contributed by atoms with Gasteiger partial charge in [0.15, 0.2) is 0 Å². The normalized spacial score (nSPS) is 14.0. The van der Waals surface area contributed by atoms with Gasteiger partial charge in [0.2, 0.25) is 0 Å². The Morgan fingerprint density at radius 2 is 2.00 bits per heavy atom. The Morgan fingerprint density at radius 1 is 1.35 bits per heavy atom. The molecule has 1 aromatic carbocycles. The maximum Gasteiger partial charge on any atom is 0.113 e. The van der Waals surface area contributed by atoms with Gasteiger partial charge < -0.3 is 0 Å². The van der Waals surface area contributed by atoms with Crippen LogP contribution in [0.2, 0.25) is 0 Å². The van der Waals surface area contributed by atoms with Crippen LogP contribution in [0.4, 0.5) is 0 Å². The zero-order valence-electron chi connectivity index (χ0n) is 10.8. The number of hydrogen-bond donors (Lipinski definition) is 1. The molecule has 0 spiro atoms. The van der Waals surface area contributed by atoms with Crippen LogP contribution in [0.5, 0.6) is 0 Å². The summed E-state index contributed by atoms with van der Waals surface area (Å²) in [4.78, 5) is 1.22. The molecule has 1 unspecified atom stereocenters. The van der Waals surface area contributed by atoms with Gasteiger partial charge in [-0.1, -0.05) is 24.6 Å². The minimum Gasteiger partial charge on any atom is -0.299 e. The summed E-state index contributed by atoms with van der Waals surface area (Å²) in [5, 5.41) is 12.5. The summed E-state index contributed by atoms with van der Waals surface area (Å²) >= 11 is 1.73. The van der Waals surface area contributed by atoms with Gasteiger partial charge in [0.1, 0.15) is 5.54 Å². The van der Waals surface area contributed by atoms with Crippen molar-refractivity contribution in [2.45, 2.75) is 37.6 Å². The molecule has 0 bridgehead atoms. The number of aryl methyl sites for hydroxylation is 1. The highest BCUT2D eigenvalue weighted by Crippen LogP contribution is 2.22. The molecule has 0 aliphatic carbocycles. The Labute approximate surface area is 108 Å². The van der Waals surface area contributed by atoms with Crippen molar-refractivity contribution in [1.29, 1.82) is 5.26 Å². The van der Waals surface area contributed by atoms with Crippen molar-refractivity contribution in [2.24, 2.45) is 0 Å². The molecular formula is C14H20N2S. The summed E-state index contributed by atoms with van der Waals surface area (Å²) in [5.74, 6) is 0.770. The van der Waals surface area contributed by atoms with Gasteiger partial charge in [-0.05, 0) is 38.9 Å². The van der Waals surface area contributed by atoms with Gasteiger partial charge in [-0.25, -0.2) is 0 Å². The van der Waals surface area contributed by atoms with Gasteiger partial charge in [0, 0.05) is 10.6 Å². The fourth-order valence-electron chi connectivity index (χ4n) is 1.39. The van der Waals surface area contributed by atoms with E-state index in [9.17, 15) is 5.26 Å². The third-order valence-corrected chi connectivity index (χ3v) is 3.89. The summed E-state index contributed by atoms with van der Waals surface area (Å²) in [7, 11) is 0. The summed E-state index contributed by atoms with van der Waals surface area (Å²) in [6.07, 6.45) is 1.05. The van der Waals surface area contributed by atoms with Crippen LogP contribution in [0.25, 0.3) is 0 Å². The highest BCUT2D eigenvalue weighted by Gasteiger charge is 2.22. The van der Waals surface area contributed by atoms with E-state index in [2.05, 4.69) is 49.5 Å². The highest BCUT2D eigenvalue weighted by molar-refractivity contribution is 7.99. The average Bonchev–Trinajstić information content (AvgIpc) is 2.36. The molecule has 0 saturated heterocycles. The van der Waals surface area contributed by atoms with Crippen LogP contribution >= 0.6 is 11.8 Å². The Hall–Kier alpha value is -0.980. The third-order valence-electron chi connectivity index (χ3n) is 2.56. The van der Waals surface area contributed by atoms with Gasteiger partial charge in [0.25, 0.3) is 0 Å². The van der Waals surface area contributed by atoms with Crippen LogP contribution in [-0.2, 0) is 0 Å². The molecule has 92 valence electrons. The maximum atomic E-state index is 9.21.